The summed E-state index contributed by atoms with van der Waals surface area (Å²) in [5.74, 6) is -0.895. The van der Waals surface area contributed by atoms with Crippen LogP contribution in [0.3, 0.4) is 0 Å². The second-order valence-corrected chi connectivity index (χ2v) is 3.79. The van der Waals surface area contributed by atoms with Crippen molar-refractivity contribution in [3.05, 3.63) is 35.5 Å². The third kappa shape index (κ3) is 1.95. The first-order valence-electron chi connectivity index (χ1n) is 4.90. The molecule has 4 heteroatoms. The predicted molar refractivity (Wildman–Crippen MR) is 59.6 cm³/mol. The topological polar surface area (TPSA) is 70.2 Å². The van der Waals surface area contributed by atoms with Gasteiger partial charge in [0.05, 0.1) is 0 Å². The molecule has 1 aromatic heterocycles. The molecule has 2 aromatic rings. The molecule has 0 saturated carbocycles. The average molecular weight is 217 g/mol. The minimum atomic E-state index is -0.982. The molecule has 1 heterocycles. The first-order valence-corrected chi connectivity index (χ1v) is 4.90. The standard InChI is InChI=1S/C12H11NO3/c1-7(14)4-8-2-3-9-6-11(12(15)16)13-10(9)5-8/h2-3,5-6,13H,4H2,1H3,(H,15,16). The van der Waals surface area contributed by atoms with Crippen LogP contribution in [0.2, 0.25) is 0 Å². The highest BCUT2D eigenvalue weighted by molar-refractivity contribution is 5.94. The minimum Gasteiger partial charge on any atom is -0.477 e. The van der Waals surface area contributed by atoms with Crippen LogP contribution in [-0.4, -0.2) is 21.8 Å². The lowest BCUT2D eigenvalue weighted by atomic mass is 10.1. The molecule has 16 heavy (non-hydrogen) atoms. The van der Waals surface area contributed by atoms with Gasteiger partial charge in [0.1, 0.15) is 11.5 Å². The number of benzene rings is 1. The molecule has 0 aliphatic carbocycles. The van der Waals surface area contributed by atoms with Crippen molar-refractivity contribution in [2.24, 2.45) is 0 Å². The number of nitrogens with one attached hydrogen (secondary N) is 1. The number of Topliss-reactive ketones (excluding diaryl/α,β-unsaturated/α-hetero) is 1. The number of aromatic carboxylic acids is 1. The molecule has 82 valence electrons. The van der Waals surface area contributed by atoms with E-state index in [0.717, 1.165) is 16.5 Å². The van der Waals surface area contributed by atoms with Gasteiger partial charge in [0.2, 0.25) is 0 Å². The molecule has 0 saturated heterocycles. The van der Waals surface area contributed by atoms with Crippen molar-refractivity contribution in [1.29, 1.82) is 0 Å². The molecule has 1 aromatic carbocycles. The molecule has 0 unspecified atom stereocenters. The Morgan fingerprint density at radius 1 is 1.31 bits per heavy atom. The van der Waals surface area contributed by atoms with Crippen LogP contribution >= 0.6 is 0 Å². The summed E-state index contributed by atoms with van der Waals surface area (Å²) in [6.45, 7) is 1.53. The molecule has 0 aliphatic rings. The van der Waals surface area contributed by atoms with Gasteiger partial charge in [-0.2, -0.15) is 0 Å². The van der Waals surface area contributed by atoms with Gasteiger partial charge in [-0.25, -0.2) is 4.79 Å². The zero-order valence-corrected chi connectivity index (χ0v) is 8.78. The molecule has 0 radical (unpaired) electrons. The fraction of sp³-hybridized carbons (Fsp3) is 0.167. The van der Waals surface area contributed by atoms with Crippen LogP contribution in [0.15, 0.2) is 24.3 Å². The van der Waals surface area contributed by atoms with E-state index in [2.05, 4.69) is 4.98 Å². The summed E-state index contributed by atoms with van der Waals surface area (Å²) in [6, 6.07) is 7.04. The van der Waals surface area contributed by atoms with E-state index in [1.165, 1.54) is 6.92 Å². The quantitative estimate of drug-likeness (QED) is 0.826. The number of rotatable bonds is 3. The third-order valence-electron chi connectivity index (χ3n) is 2.37. The minimum absolute atomic E-state index is 0.0874. The van der Waals surface area contributed by atoms with E-state index in [1.807, 2.05) is 18.2 Å². The summed E-state index contributed by atoms with van der Waals surface area (Å²) >= 11 is 0. The van der Waals surface area contributed by atoms with E-state index in [4.69, 9.17) is 5.11 Å². The Bertz CT molecular complexity index is 569. The van der Waals surface area contributed by atoms with Crippen LogP contribution in [0.1, 0.15) is 23.0 Å². The highest BCUT2D eigenvalue weighted by atomic mass is 16.4. The number of carboxylic acids is 1. The van der Waals surface area contributed by atoms with Gasteiger partial charge >= 0.3 is 5.97 Å². The van der Waals surface area contributed by atoms with Gasteiger partial charge in [-0.3, -0.25) is 4.79 Å². The molecule has 0 atom stereocenters. The summed E-state index contributed by atoms with van der Waals surface area (Å²) in [5, 5.41) is 9.65. The number of H-pyrrole nitrogens is 1. The Morgan fingerprint density at radius 3 is 2.69 bits per heavy atom. The maximum absolute atomic E-state index is 11.0. The summed E-state index contributed by atoms with van der Waals surface area (Å²) in [7, 11) is 0. The average Bonchev–Trinajstić information content (AvgIpc) is 2.59. The van der Waals surface area contributed by atoms with E-state index >= 15 is 0 Å². The number of carboxylic acid groups (broad SMARTS) is 1. The lowest BCUT2D eigenvalue weighted by Crippen LogP contribution is -1.96. The molecule has 0 spiro atoms. The summed E-state index contributed by atoms with van der Waals surface area (Å²) in [4.78, 5) is 24.5. The van der Waals surface area contributed by atoms with Crippen molar-refractivity contribution in [2.45, 2.75) is 13.3 Å². The summed E-state index contributed by atoms with van der Waals surface area (Å²) in [6.07, 6.45) is 0.372. The van der Waals surface area contributed by atoms with Crippen molar-refractivity contribution in [2.75, 3.05) is 0 Å². The zero-order valence-electron chi connectivity index (χ0n) is 8.78. The second kappa shape index (κ2) is 3.81. The van der Waals surface area contributed by atoms with Crippen molar-refractivity contribution in [3.63, 3.8) is 0 Å². The number of aromatic nitrogens is 1. The van der Waals surface area contributed by atoms with Crippen molar-refractivity contribution < 1.29 is 14.7 Å². The van der Waals surface area contributed by atoms with Gasteiger partial charge in [-0.05, 0) is 24.6 Å². The molecule has 2 rings (SSSR count). The summed E-state index contributed by atoms with van der Waals surface area (Å²) < 4.78 is 0. The van der Waals surface area contributed by atoms with Gasteiger partial charge < -0.3 is 10.1 Å². The predicted octanol–water partition coefficient (Wildman–Crippen LogP) is 2.00. The van der Waals surface area contributed by atoms with Gasteiger partial charge in [0.15, 0.2) is 0 Å². The molecule has 2 N–H and O–H groups in total. The van der Waals surface area contributed by atoms with Gasteiger partial charge in [0.25, 0.3) is 0 Å². The van der Waals surface area contributed by atoms with E-state index in [1.54, 1.807) is 6.07 Å². The highest BCUT2D eigenvalue weighted by Crippen LogP contribution is 2.17. The fourth-order valence-corrected chi connectivity index (χ4v) is 1.69. The molecule has 0 fully saturated rings. The zero-order chi connectivity index (χ0) is 11.7. The first kappa shape index (κ1) is 10.4. The Hall–Kier alpha value is -2.10. The van der Waals surface area contributed by atoms with Crippen LogP contribution < -0.4 is 0 Å². The van der Waals surface area contributed by atoms with Crippen LogP contribution in [0.5, 0.6) is 0 Å². The van der Waals surface area contributed by atoms with Crippen molar-refractivity contribution in [1.82, 2.24) is 4.98 Å². The number of carbonyl (C=O) groups excluding carboxylic acids is 1. The fourth-order valence-electron chi connectivity index (χ4n) is 1.69. The largest absolute Gasteiger partial charge is 0.477 e. The van der Waals surface area contributed by atoms with Gasteiger partial charge in [0, 0.05) is 17.3 Å². The number of hydrogen-bond donors (Lipinski definition) is 2. The van der Waals surface area contributed by atoms with Crippen molar-refractivity contribution >= 4 is 22.7 Å². The van der Waals surface area contributed by atoms with Crippen molar-refractivity contribution in [3.8, 4) is 0 Å². The van der Waals surface area contributed by atoms with Crippen LogP contribution in [0.25, 0.3) is 10.9 Å². The Balaban J connectivity index is 2.45. The monoisotopic (exact) mass is 217 g/mol. The lowest BCUT2D eigenvalue weighted by Gasteiger charge is -1.97. The number of hydrogen-bond acceptors (Lipinski definition) is 2. The molecule has 0 aliphatic heterocycles. The molecule has 0 bridgehead atoms. The van der Waals surface area contributed by atoms with Gasteiger partial charge in [-0.15, -0.1) is 0 Å². The van der Waals surface area contributed by atoms with Crippen LogP contribution in [0.4, 0.5) is 0 Å². The molecular formula is C12H11NO3. The molecular weight excluding hydrogens is 206 g/mol. The van der Waals surface area contributed by atoms with Crippen LogP contribution in [-0.2, 0) is 11.2 Å². The number of aromatic amines is 1. The Morgan fingerprint density at radius 2 is 2.06 bits per heavy atom. The van der Waals surface area contributed by atoms with Gasteiger partial charge in [-0.1, -0.05) is 12.1 Å². The van der Waals surface area contributed by atoms with E-state index in [0.29, 0.717) is 6.42 Å². The normalized spacial score (nSPS) is 10.6. The Labute approximate surface area is 91.9 Å². The maximum atomic E-state index is 11.0. The van der Waals surface area contributed by atoms with E-state index < -0.39 is 5.97 Å². The smallest absolute Gasteiger partial charge is 0.352 e. The number of carbonyl (C=O) groups is 2. The number of ketones is 1. The Kier molecular flexibility index (Phi) is 2.48. The first-order chi connectivity index (χ1) is 7.56. The van der Waals surface area contributed by atoms with E-state index in [-0.39, 0.29) is 11.5 Å². The molecule has 0 amide bonds. The number of fused-ring (bicyclic) bond motifs is 1. The highest BCUT2D eigenvalue weighted by Gasteiger charge is 2.07. The van der Waals surface area contributed by atoms with Crippen LogP contribution in [0, 0.1) is 0 Å². The second-order valence-electron chi connectivity index (χ2n) is 3.79. The van der Waals surface area contributed by atoms with E-state index in [9.17, 15) is 9.59 Å². The SMILES string of the molecule is CC(=O)Cc1ccc2cc(C(=O)O)[nH]c2c1. The lowest BCUT2D eigenvalue weighted by molar-refractivity contribution is -0.116. The third-order valence-corrected chi connectivity index (χ3v) is 2.37. The molecule has 4 nitrogen and oxygen atoms in total. The summed E-state index contributed by atoms with van der Waals surface area (Å²) in [5.41, 5.74) is 1.80. The maximum Gasteiger partial charge on any atom is 0.352 e.